The number of rotatable bonds is 7. The maximum absolute atomic E-state index is 8.88. The fraction of sp³-hybridized carbons (Fsp3) is 0.158. The molecule has 0 radical (unpaired) electrons. The van der Waals surface area contributed by atoms with Gasteiger partial charge in [-0.2, -0.15) is 10.1 Å². The number of H-pyrrole nitrogens is 1. The van der Waals surface area contributed by atoms with Crippen molar-refractivity contribution < 1.29 is 14.4 Å². The second-order valence-corrected chi connectivity index (χ2v) is 5.82. The van der Waals surface area contributed by atoms with Crippen LogP contribution in [0.2, 0.25) is 0 Å². The number of pyridine rings is 1. The SMILES string of the molecule is OCCCc1nc(-c2cccc(Oc3ccc(-c4ccn[nH]4)cn3)c2)no1. The number of aliphatic hydroxyl groups is 1. The maximum Gasteiger partial charge on any atom is 0.227 e. The Labute approximate surface area is 154 Å². The van der Waals surface area contributed by atoms with Gasteiger partial charge in [-0.25, -0.2) is 4.98 Å². The normalized spacial score (nSPS) is 10.9. The van der Waals surface area contributed by atoms with Crippen molar-refractivity contribution in [3.05, 3.63) is 60.7 Å². The molecule has 0 amide bonds. The second kappa shape index (κ2) is 7.79. The van der Waals surface area contributed by atoms with Crippen LogP contribution in [-0.2, 0) is 6.42 Å². The van der Waals surface area contributed by atoms with Crippen molar-refractivity contribution in [3.8, 4) is 34.3 Å². The lowest BCUT2D eigenvalue weighted by atomic mass is 10.2. The van der Waals surface area contributed by atoms with Crippen LogP contribution in [-0.4, -0.2) is 37.0 Å². The average molecular weight is 363 g/mol. The molecular weight excluding hydrogens is 346 g/mol. The topological polar surface area (TPSA) is 110 Å². The van der Waals surface area contributed by atoms with Crippen molar-refractivity contribution in [2.75, 3.05) is 6.61 Å². The predicted octanol–water partition coefficient (Wildman–Crippen LogP) is 3.24. The van der Waals surface area contributed by atoms with E-state index in [1.807, 2.05) is 36.4 Å². The van der Waals surface area contributed by atoms with E-state index in [2.05, 4.69) is 25.3 Å². The molecular formula is C19H17N5O3. The number of hydrogen-bond donors (Lipinski definition) is 2. The fourth-order valence-corrected chi connectivity index (χ4v) is 2.54. The summed E-state index contributed by atoms with van der Waals surface area (Å²) in [7, 11) is 0. The Kier molecular flexibility index (Phi) is 4.88. The summed E-state index contributed by atoms with van der Waals surface area (Å²) in [5.74, 6) is 2.08. The molecule has 0 fully saturated rings. The highest BCUT2D eigenvalue weighted by molar-refractivity contribution is 5.58. The van der Waals surface area contributed by atoms with Crippen LogP contribution in [0.1, 0.15) is 12.3 Å². The summed E-state index contributed by atoms with van der Waals surface area (Å²) in [4.78, 5) is 8.66. The van der Waals surface area contributed by atoms with Crippen molar-refractivity contribution in [1.82, 2.24) is 25.3 Å². The van der Waals surface area contributed by atoms with E-state index in [0.717, 1.165) is 16.8 Å². The lowest BCUT2D eigenvalue weighted by Crippen LogP contribution is -1.90. The van der Waals surface area contributed by atoms with E-state index in [0.29, 0.717) is 36.2 Å². The highest BCUT2D eigenvalue weighted by Crippen LogP contribution is 2.26. The molecule has 8 heteroatoms. The maximum atomic E-state index is 8.88. The number of aromatic amines is 1. The molecule has 0 aliphatic heterocycles. The molecule has 0 saturated heterocycles. The van der Waals surface area contributed by atoms with Crippen LogP contribution in [0.4, 0.5) is 0 Å². The molecule has 27 heavy (non-hydrogen) atoms. The summed E-state index contributed by atoms with van der Waals surface area (Å²) in [5, 5.41) is 19.7. The molecule has 0 unspecified atom stereocenters. The zero-order valence-electron chi connectivity index (χ0n) is 14.4. The van der Waals surface area contributed by atoms with Gasteiger partial charge in [0.2, 0.25) is 17.6 Å². The van der Waals surface area contributed by atoms with E-state index < -0.39 is 0 Å². The monoisotopic (exact) mass is 363 g/mol. The Morgan fingerprint density at radius 2 is 2.07 bits per heavy atom. The van der Waals surface area contributed by atoms with Crippen LogP contribution in [0, 0.1) is 0 Å². The molecule has 2 N–H and O–H groups in total. The van der Waals surface area contributed by atoms with Crippen molar-refractivity contribution >= 4 is 0 Å². The number of nitrogens with zero attached hydrogens (tertiary/aromatic N) is 4. The van der Waals surface area contributed by atoms with Crippen molar-refractivity contribution in [3.63, 3.8) is 0 Å². The molecule has 3 aromatic heterocycles. The lowest BCUT2D eigenvalue weighted by Gasteiger charge is -2.06. The van der Waals surface area contributed by atoms with Gasteiger partial charge in [0.1, 0.15) is 5.75 Å². The molecule has 3 heterocycles. The van der Waals surface area contributed by atoms with Gasteiger partial charge in [-0.3, -0.25) is 5.10 Å². The van der Waals surface area contributed by atoms with Crippen LogP contribution in [0.25, 0.3) is 22.6 Å². The molecule has 0 saturated carbocycles. The molecule has 4 rings (SSSR count). The third-order valence-electron chi connectivity index (χ3n) is 3.88. The van der Waals surface area contributed by atoms with Gasteiger partial charge >= 0.3 is 0 Å². The molecule has 1 aromatic carbocycles. The van der Waals surface area contributed by atoms with Gasteiger partial charge in [0.25, 0.3) is 0 Å². The zero-order chi connectivity index (χ0) is 18.5. The minimum Gasteiger partial charge on any atom is -0.439 e. The minimum atomic E-state index is 0.0905. The van der Waals surface area contributed by atoms with Crippen molar-refractivity contribution in [2.24, 2.45) is 0 Å². The van der Waals surface area contributed by atoms with E-state index in [4.69, 9.17) is 14.4 Å². The van der Waals surface area contributed by atoms with E-state index in [1.54, 1.807) is 18.5 Å². The molecule has 4 aromatic rings. The quantitative estimate of drug-likeness (QED) is 0.518. The number of hydrogen-bond acceptors (Lipinski definition) is 7. The van der Waals surface area contributed by atoms with Gasteiger partial charge in [0, 0.05) is 42.6 Å². The van der Waals surface area contributed by atoms with Crippen molar-refractivity contribution in [2.45, 2.75) is 12.8 Å². The first kappa shape index (κ1) is 16.9. The second-order valence-electron chi connectivity index (χ2n) is 5.82. The summed E-state index contributed by atoms with van der Waals surface area (Å²) in [6.45, 7) is 0.0905. The minimum absolute atomic E-state index is 0.0905. The van der Waals surface area contributed by atoms with Crippen LogP contribution in [0.3, 0.4) is 0 Å². The predicted molar refractivity (Wildman–Crippen MR) is 97.0 cm³/mol. The third kappa shape index (κ3) is 4.01. The number of benzene rings is 1. The Morgan fingerprint density at radius 3 is 2.85 bits per heavy atom. The Morgan fingerprint density at radius 1 is 1.11 bits per heavy atom. The largest absolute Gasteiger partial charge is 0.439 e. The molecule has 136 valence electrons. The Bertz CT molecular complexity index is 996. The summed E-state index contributed by atoms with van der Waals surface area (Å²) < 4.78 is 11.0. The number of aryl methyl sites for hydroxylation is 1. The fourth-order valence-electron chi connectivity index (χ4n) is 2.54. The van der Waals surface area contributed by atoms with Crippen LogP contribution in [0.15, 0.2) is 59.4 Å². The highest BCUT2D eigenvalue weighted by atomic mass is 16.5. The van der Waals surface area contributed by atoms with E-state index in [-0.39, 0.29) is 6.61 Å². The Hall–Kier alpha value is -3.52. The molecule has 0 spiro atoms. The average Bonchev–Trinajstić information content (AvgIpc) is 3.39. The van der Waals surface area contributed by atoms with E-state index >= 15 is 0 Å². The van der Waals surface area contributed by atoms with E-state index in [9.17, 15) is 0 Å². The van der Waals surface area contributed by atoms with Crippen LogP contribution < -0.4 is 4.74 Å². The summed E-state index contributed by atoms with van der Waals surface area (Å²) in [6.07, 6.45) is 4.55. The first-order valence-electron chi connectivity index (χ1n) is 8.49. The molecule has 0 aliphatic rings. The number of ether oxygens (including phenoxy) is 1. The van der Waals surface area contributed by atoms with Gasteiger partial charge in [-0.15, -0.1) is 0 Å². The van der Waals surface area contributed by atoms with Gasteiger partial charge in [-0.1, -0.05) is 17.3 Å². The number of aliphatic hydroxyl groups excluding tert-OH is 1. The van der Waals surface area contributed by atoms with Crippen LogP contribution in [0.5, 0.6) is 11.6 Å². The molecule has 0 atom stereocenters. The third-order valence-corrected chi connectivity index (χ3v) is 3.88. The van der Waals surface area contributed by atoms with E-state index in [1.165, 1.54) is 0 Å². The standard InChI is InChI=1S/C19H17N5O3/c25-10-2-5-18-22-19(24-27-18)13-3-1-4-15(11-13)26-17-7-6-14(12-20-17)16-8-9-21-23-16/h1,3-4,6-9,11-12,25H,2,5,10H2,(H,21,23). The first-order valence-corrected chi connectivity index (χ1v) is 8.49. The summed E-state index contributed by atoms with van der Waals surface area (Å²) in [5.41, 5.74) is 2.60. The number of nitrogens with one attached hydrogen (secondary N) is 1. The summed E-state index contributed by atoms with van der Waals surface area (Å²) in [6, 6.07) is 13.0. The van der Waals surface area contributed by atoms with Gasteiger partial charge in [0.15, 0.2) is 0 Å². The van der Waals surface area contributed by atoms with Crippen molar-refractivity contribution in [1.29, 1.82) is 0 Å². The Balaban J connectivity index is 1.48. The summed E-state index contributed by atoms with van der Waals surface area (Å²) >= 11 is 0. The van der Waals surface area contributed by atoms with Gasteiger partial charge in [0.05, 0.1) is 5.69 Å². The smallest absolute Gasteiger partial charge is 0.227 e. The molecule has 0 bridgehead atoms. The van der Waals surface area contributed by atoms with Crippen LogP contribution >= 0.6 is 0 Å². The highest BCUT2D eigenvalue weighted by Gasteiger charge is 2.10. The lowest BCUT2D eigenvalue weighted by molar-refractivity contribution is 0.278. The van der Waals surface area contributed by atoms with Gasteiger partial charge < -0.3 is 14.4 Å². The molecule has 8 nitrogen and oxygen atoms in total. The number of aromatic nitrogens is 5. The van der Waals surface area contributed by atoms with Gasteiger partial charge in [-0.05, 0) is 30.7 Å². The molecule has 0 aliphatic carbocycles. The zero-order valence-corrected chi connectivity index (χ0v) is 14.4. The first-order chi connectivity index (χ1) is 13.3.